The van der Waals surface area contributed by atoms with Crippen molar-refractivity contribution in [3.05, 3.63) is 78.4 Å². The summed E-state index contributed by atoms with van der Waals surface area (Å²) < 4.78 is 5.50. The standard InChI is InChI=1S/C20H19NO2/c1-2-13-21(18-6-4-3-5-7-18)20(22)11-9-16-8-10-19-17(15-16)12-14-23-19/h2-11,15H,1,12-14H2. The number of hydrogen-bond acceptors (Lipinski definition) is 2. The predicted octanol–water partition coefficient (Wildman–Crippen LogP) is 3.85. The quantitative estimate of drug-likeness (QED) is 0.620. The Kier molecular flexibility index (Phi) is 4.57. The van der Waals surface area contributed by atoms with Crippen LogP contribution >= 0.6 is 0 Å². The fraction of sp³-hybridized carbons (Fsp3) is 0.150. The van der Waals surface area contributed by atoms with Crippen LogP contribution in [-0.2, 0) is 11.2 Å². The van der Waals surface area contributed by atoms with Gasteiger partial charge in [-0.1, -0.05) is 30.3 Å². The van der Waals surface area contributed by atoms with Crippen LogP contribution in [0.15, 0.2) is 67.3 Å². The average molecular weight is 305 g/mol. The van der Waals surface area contributed by atoms with E-state index in [-0.39, 0.29) is 5.91 Å². The maximum atomic E-state index is 12.5. The Bertz CT molecular complexity index is 735. The van der Waals surface area contributed by atoms with Gasteiger partial charge in [-0.25, -0.2) is 0 Å². The molecule has 3 nitrogen and oxygen atoms in total. The normalized spacial score (nSPS) is 12.7. The maximum Gasteiger partial charge on any atom is 0.251 e. The van der Waals surface area contributed by atoms with Gasteiger partial charge in [-0.15, -0.1) is 6.58 Å². The molecule has 0 saturated heterocycles. The molecule has 2 aromatic carbocycles. The zero-order valence-electron chi connectivity index (χ0n) is 12.9. The molecule has 23 heavy (non-hydrogen) atoms. The van der Waals surface area contributed by atoms with Gasteiger partial charge in [0, 0.05) is 24.7 Å². The van der Waals surface area contributed by atoms with Gasteiger partial charge in [-0.2, -0.15) is 0 Å². The van der Waals surface area contributed by atoms with Crippen molar-refractivity contribution in [2.75, 3.05) is 18.1 Å². The summed E-state index contributed by atoms with van der Waals surface area (Å²) in [5.74, 6) is 0.888. The van der Waals surface area contributed by atoms with Crippen LogP contribution in [0.5, 0.6) is 5.75 Å². The number of para-hydroxylation sites is 1. The number of anilines is 1. The second-order valence-corrected chi connectivity index (χ2v) is 5.37. The SMILES string of the molecule is C=CCN(C(=O)C=Cc1ccc2c(c1)CCO2)c1ccccc1. The molecule has 0 radical (unpaired) electrons. The highest BCUT2D eigenvalue weighted by Crippen LogP contribution is 2.26. The third-order valence-electron chi connectivity index (χ3n) is 3.78. The molecule has 0 saturated carbocycles. The molecule has 2 aromatic rings. The van der Waals surface area contributed by atoms with E-state index in [4.69, 9.17) is 4.74 Å². The summed E-state index contributed by atoms with van der Waals surface area (Å²) in [6, 6.07) is 15.6. The van der Waals surface area contributed by atoms with E-state index < -0.39 is 0 Å². The minimum atomic E-state index is -0.0622. The molecule has 0 fully saturated rings. The van der Waals surface area contributed by atoms with Gasteiger partial charge >= 0.3 is 0 Å². The van der Waals surface area contributed by atoms with Crippen LogP contribution in [0.4, 0.5) is 5.69 Å². The molecule has 1 aliphatic heterocycles. The van der Waals surface area contributed by atoms with Crippen LogP contribution < -0.4 is 9.64 Å². The fourth-order valence-electron chi connectivity index (χ4n) is 2.63. The highest BCUT2D eigenvalue weighted by atomic mass is 16.5. The van der Waals surface area contributed by atoms with E-state index in [2.05, 4.69) is 12.6 Å². The van der Waals surface area contributed by atoms with E-state index >= 15 is 0 Å². The zero-order valence-corrected chi connectivity index (χ0v) is 12.9. The largest absolute Gasteiger partial charge is 0.493 e. The summed E-state index contributed by atoms with van der Waals surface area (Å²) in [5.41, 5.74) is 3.07. The maximum absolute atomic E-state index is 12.5. The van der Waals surface area contributed by atoms with Gasteiger partial charge in [0.2, 0.25) is 0 Å². The molecular weight excluding hydrogens is 286 g/mol. The second-order valence-electron chi connectivity index (χ2n) is 5.37. The lowest BCUT2D eigenvalue weighted by Crippen LogP contribution is -2.29. The number of fused-ring (bicyclic) bond motifs is 1. The van der Waals surface area contributed by atoms with E-state index in [0.29, 0.717) is 6.54 Å². The van der Waals surface area contributed by atoms with Crippen LogP contribution in [-0.4, -0.2) is 19.1 Å². The first kappa shape index (κ1) is 15.1. The van der Waals surface area contributed by atoms with E-state index in [1.165, 1.54) is 5.56 Å². The highest BCUT2D eigenvalue weighted by molar-refractivity contribution is 6.04. The lowest BCUT2D eigenvalue weighted by molar-refractivity contribution is -0.114. The molecule has 3 heteroatoms. The van der Waals surface area contributed by atoms with Gasteiger partial charge in [0.05, 0.1) is 6.61 Å². The molecule has 0 unspecified atom stereocenters. The molecular formula is C20H19NO2. The van der Waals surface area contributed by atoms with Crippen molar-refractivity contribution in [2.45, 2.75) is 6.42 Å². The topological polar surface area (TPSA) is 29.5 Å². The summed E-state index contributed by atoms with van der Waals surface area (Å²) in [7, 11) is 0. The number of carbonyl (C=O) groups is 1. The molecule has 0 bridgehead atoms. The van der Waals surface area contributed by atoms with E-state index in [1.54, 1.807) is 17.1 Å². The molecule has 3 rings (SSSR count). The monoisotopic (exact) mass is 305 g/mol. The van der Waals surface area contributed by atoms with Crippen LogP contribution in [0.2, 0.25) is 0 Å². The Hall–Kier alpha value is -2.81. The van der Waals surface area contributed by atoms with Gasteiger partial charge in [-0.05, 0) is 41.5 Å². The van der Waals surface area contributed by atoms with Gasteiger partial charge in [0.15, 0.2) is 0 Å². The van der Waals surface area contributed by atoms with Gasteiger partial charge in [-0.3, -0.25) is 4.79 Å². The highest BCUT2D eigenvalue weighted by Gasteiger charge is 2.13. The predicted molar refractivity (Wildman–Crippen MR) is 93.7 cm³/mol. The van der Waals surface area contributed by atoms with Crippen LogP contribution in [0.1, 0.15) is 11.1 Å². The van der Waals surface area contributed by atoms with Crippen molar-refractivity contribution in [1.82, 2.24) is 0 Å². The Morgan fingerprint density at radius 1 is 1.22 bits per heavy atom. The Labute approximate surface area is 136 Å². The Balaban J connectivity index is 1.77. The smallest absolute Gasteiger partial charge is 0.251 e. The lowest BCUT2D eigenvalue weighted by atomic mass is 10.1. The summed E-state index contributed by atoms with van der Waals surface area (Å²) in [4.78, 5) is 14.2. The first-order valence-corrected chi connectivity index (χ1v) is 7.69. The Morgan fingerprint density at radius 2 is 2.04 bits per heavy atom. The van der Waals surface area contributed by atoms with Crippen LogP contribution in [0.3, 0.4) is 0 Å². The molecule has 0 spiro atoms. The molecule has 1 heterocycles. The van der Waals surface area contributed by atoms with E-state index in [9.17, 15) is 4.79 Å². The third kappa shape index (κ3) is 3.51. The number of nitrogens with zero attached hydrogens (tertiary/aromatic N) is 1. The summed E-state index contributed by atoms with van der Waals surface area (Å²) in [6.07, 6.45) is 6.11. The third-order valence-corrected chi connectivity index (χ3v) is 3.78. The van der Waals surface area contributed by atoms with Crippen LogP contribution in [0.25, 0.3) is 6.08 Å². The fourth-order valence-corrected chi connectivity index (χ4v) is 2.63. The summed E-state index contributed by atoms with van der Waals surface area (Å²) in [5, 5.41) is 0. The lowest BCUT2D eigenvalue weighted by Gasteiger charge is -2.19. The van der Waals surface area contributed by atoms with Crippen LogP contribution in [0, 0.1) is 0 Å². The summed E-state index contributed by atoms with van der Waals surface area (Å²) >= 11 is 0. The number of ether oxygens (including phenoxy) is 1. The van der Waals surface area contributed by atoms with Gasteiger partial charge in [0.1, 0.15) is 5.75 Å². The van der Waals surface area contributed by atoms with Crippen molar-refractivity contribution in [3.63, 3.8) is 0 Å². The number of benzene rings is 2. The van der Waals surface area contributed by atoms with E-state index in [1.807, 2.05) is 48.5 Å². The minimum absolute atomic E-state index is 0.0622. The van der Waals surface area contributed by atoms with Crippen molar-refractivity contribution in [3.8, 4) is 5.75 Å². The summed E-state index contributed by atoms with van der Waals surface area (Å²) in [6.45, 7) is 4.95. The number of amides is 1. The first-order valence-electron chi connectivity index (χ1n) is 7.69. The molecule has 0 aromatic heterocycles. The zero-order chi connectivity index (χ0) is 16.1. The van der Waals surface area contributed by atoms with Crippen molar-refractivity contribution in [2.24, 2.45) is 0 Å². The van der Waals surface area contributed by atoms with E-state index in [0.717, 1.165) is 30.0 Å². The molecule has 116 valence electrons. The molecule has 0 N–H and O–H groups in total. The molecule has 0 atom stereocenters. The molecule has 0 aliphatic carbocycles. The number of carbonyl (C=O) groups excluding carboxylic acids is 1. The average Bonchev–Trinajstić information content (AvgIpc) is 3.06. The second kappa shape index (κ2) is 6.97. The minimum Gasteiger partial charge on any atom is -0.493 e. The molecule has 1 amide bonds. The van der Waals surface area contributed by atoms with Crippen molar-refractivity contribution < 1.29 is 9.53 Å². The molecule has 1 aliphatic rings. The van der Waals surface area contributed by atoms with Crippen molar-refractivity contribution in [1.29, 1.82) is 0 Å². The Morgan fingerprint density at radius 3 is 2.83 bits per heavy atom. The number of rotatable bonds is 5. The van der Waals surface area contributed by atoms with Gasteiger partial charge < -0.3 is 9.64 Å². The first-order chi connectivity index (χ1) is 11.3. The van der Waals surface area contributed by atoms with Crippen molar-refractivity contribution >= 4 is 17.7 Å². The number of hydrogen-bond donors (Lipinski definition) is 0. The van der Waals surface area contributed by atoms with Gasteiger partial charge in [0.25, 0.3) is 5.91 Å².